The van der Waals surface area contributed by atoms with Gasteiger partial charge in [-0.15, -0.1) is 0 Å². The third-order valence-electron chi connectivity index (χ3n) is 8.40. The molecule has 0 aromatic carbocycles. The van der Waals surface area contributed by atoms with Crippen LogP contribution in [0.25, 0.3) is 0 Å². The largest absolute Gasteiger partial charge is 0.458 e. The second-order valence-electron chi connectivity index (χ2n) is 11.6. The number of halogens is 2. The van der Waals surface area contributed by atoms with E-state index in [4.69, 9.17) is 23.5 Å². The second kappa shape index (κ2) is 12.1. The van der Waals surface area contributed by atoms with E-state index in [2.05, 4.69) is 4.74 Å². The van der Waals surface area contributed by atoms with E-state index in [1.807, 2.05) is 13.8 Å². The van der Waals surface area contributed by atoms with Crippen LogP contribution in [0.3, 0.4) is 0 Å². The Morgan fingerprint density at radius 1 is 1.02 bits per heavy atom. The summed E-state index contributed by atoms with van der Waals surface area (Å²) in [5.41, 5.74) is 0. The zero-order valence-corrected chi connectivity index (χ0v) is 23.8. The van der Waals surface area contributed by atoms with Crippen molar-refractivity contribution in [1.29, 1.82) is 0 Å². The lowest BCUT2D eigenvalue weighted by Crippen LogP contribution is -2.45. The van der Waals surface area contributed by atoms with Gasteiger partial charge in [-0.3, -0.25) is 23.7 Å². The van der Waals surface area contributed by atoms with Crippen molar-refractivity contribution in [3.63, 3.8) is 0 Å². The van der Waals surface area contributed by atoms with Crippen LogP contribution in [0.1, 0.15) is 72.1 Å². The first kappa shape index (κ1) is 31.5. The molecule has 3 saturated carbocycles. The fourth-order valence-corrected chi connectivity index (χ4v) is 6.79. The van der Waals surface area contributed by atoms with Gasteiger partial charge in [0.05, 0.1) is 30.8 Å². The normalized spacial score (nSPS) is 31.0. The molecule has 0 aromatic heterocycles. The number of rotatable bonds is 12. The van der Waals surface area contributed by atoms with Crippen molar-refractivity contribution in [2.24, 2.45) is 29.6 Å². The number of hydrogen-bond donors (Lipinski definition) is 1. The molecule has 12 nitrogen and oxygen atoms in total. The highest BCUT2D eigenvalue weighted by molar-refractivity contribution is 7.86. The molecule has 0 spiro atoms. The van der Waals surface area contributed by atoms with Gasteiger partial charge in [0.15, 0.2) is 6.10 Å². The molecule has 4 fully saturated rings. The molecule has 4 aliphatic rings. The maximum absolute atomic E-state index is 13.6. The predicted octanol–water partition coefficient (Wildman–Crippen LogP) is 2.77. The quantitative estimate of drug-likeness (QED) is 0.149. The van der Waals surface area contributed by atoms with E-state index in [0.717, 1.165) is 32.1 Å². The molecule has 0 aromatic rings. The summed E-state index contributed by atoms with van der Waals surface area (Å²) in [6.07, 6.45) is -1.06. The van der Waals surface area contributed by atoms with Gasteiger partial charge in [0.1, 0.15) is 12.2 Å². The van der Waals surface area contributed by atoms with Crippen molar-refractivity contribution in [1.82, 2.24) is 0 Å². The Morgan fingerprint density at radius 2 is 1.66 bits per heavy atom. The Bertz CT molecular complexity index is 1140. The molecular formula is C26H36F2O12S. The Labute approximate surface area is 236 Å². The molecule has 2 bridgehead atoms. The summed E-state index contributed by atoms with van der Waals surface area (Å²) < 4.78 is 84.6. The summed E-state index contributed by atoms with van der Waals surface area (Å²) in [6.45, 7) is 4.30. The molecule has 232 valence electrons. The lowest BCUT2D eigenvalue weighted by atomic mass is 9.78. The SMILES string of the molecule is CC(C)C(OC(=O)C1C2CC3C(OC(=O)C31)C2OC(=O)CCC(=O)OC(C)C(F)(F)S(=O)(=O)O)OC1CCCCC1. The Balaban J connectivity index is 1.35. The Morgan fingerprint density at radius 3 is 2.27 bits per heavy atom. The molecule has 4 rings (SSSR count). The van der Waals surface area contributed by atoms with Crippen molar-refractivity contribution in [2.75, 3.05) is 0 Å². The Kier molecular flexibility index (Phi) is 9.29. The van der Waals surface area contributed by atoms with Gasteiger partial charge in [-0.1, -0.05) is 33.1 Å². The van der Waals surface area contributed by atoms with Crippen LogP contribution in [0.15, 0.2) is 0 Å². The highest BCUT2D eigenvalue weighted by atomic mass is 32.2. The fraction of sp³-hybridized carbons (Fsp3) is 0.846. The number of carbonyl (C=O) groups is 4. The minimum atomic E-state index is -5.83. The van der Waals surface area contributed by atoms with Crippen LogP contribution in [-0.2, 0) is 53.0 Å². The number of alkyl halides is 2. The first-order valence-corrected chi connectivity index (χ1v) is 15.4. The summed E-state index contributed by atoms with van der Waals surface area (Å²) in [5, 5.41) is -4.74. The van der Waals surface area contributed by atoms with E-state index in [9.17, 15) is 36.4 Å². The van der Waals surface area contributed by atoms with E-state index >= 15 is 0 Å². The summed E-state index contributed by atoms with van der Waals surface area (Å²) in [6, 6.07) is 0. The monoisotopic (exact) mass is 610 g/mol. The molecule has 0 amide bonds. The standard InChI is InChI=1S/C26H36F2O12S/c1-12(2)25(37-14-7-5-4-6-8-14)40-24(32)20-15-11-16-19(20)23(31)39-22(16)21(15)38-18(30)10-9-17(29)36-13(3)26(27,28)41(33,34)35/h12-16,19-22,25H,4-11H2,1-3H3,(H,33,34,35). The maximum Gasteiger partial charge on any atom is 0.405 e. The van der Waals surface area contributed by atoms with Crippen LogP contribution >= 0.6 is 0 Å². The first-order chi connectivity index (χ1) is 19.1. The molecule has 1 N–H and O–H groups in total. The van der Waals surface area contributed by atoms with Gasteiger partial charge in [-0.25, -0.2) is 0 Å². The smallest absolute Gasteiger partial charge is 0.405 e. The average Bonchev–Trinajstić information content (AvgIpc) is 3.51. The number of hydrogen-bond acceptors (Lipinski definition) is 11. The summed E-state index contributed by atoms with van der Waals surface area (Å²) in [4.78, 5) is 50.5. The zero-order valence-electron chi connectivity index (χ0n) is 23.0. The summed E-state index contributed by atoms with van der Waals surface area (Å²) in [5.74, 6) is -6.16. The number of fused-ring (bicyclic) bond motifs is 1. The van der Waals surface area contributed by atoms with Crippen LogP contribution < -0.4 is 0 Å². The molecule has 1 saturated heterocycles. The first-order valence-electron chi connectivity index (χ1n) is 13.9. The van der Waals surface area contributed by atoms with Crippen molar-refractivity contribution < 1.29 is 64.6 Å². The van der Waals surface area contributed by atoms with Crippen LogP contribution in [0.4, 0.5) is 8.78 Å². The highest BCUT2D eigenvalue weighted by Gasteiger charge is 2.70. The molecule has 3 aliphatic carbocycles. The Hall–Kier alpha value is -2.39. The van der Waals surface area contributed by atoms with Gasteiger partial charge in [0, 0.05) is 17.8 Å². The summed E-state index contributed by atoms with van der Waals surface area (Å²) >= 11 is 0. The lowest BCUT2D eigenvalue weighted by Gasteiger charge is -2.33. The number of ether oxygens (including phenoxy) is 5. The van der Waals surface area contributed by atoms with E-state index in [0.29, 0.717) is 13.3 Å². The van der Waals surface area contributed by atoms with Crippen LogP contribution in [0.2, 0.25) is 0 Å². The highest BCUT2D eigenvalue weighted by Crippen LogP contribution is 2.59. The van der Waals surface area contributed by atoms with Gasteiger partial charge >= 0.3 is 39.2 Å². The van der Waals surface area contributed by atoms with Gasteiger partial charge in [-0.05, 0) is 26.2 Å². The van der Waals surface area contributed by atoms with E-state index in [1.165, 1.54) is 0 Å². The fourth-order valence-electron chi connectivity index (χ4n) is 6.32. The van der Waals surface area contributed by atoms with Crippen LogP contribution in [-0.4, -0.2) is 72.8 Å². The maximum atomic E-state index is 13.6. The molecule has 0 radical (unpaired) electrons. The predicted molar refractivity (Wildman–Crippen MR) is 132 cm³/mol. The van der Waals surface area contributed by atoms with E-state index in [-0.39, 0.29) is 17.9 Å². The van der Waals surface area contributed by atoms with Crippen LogP contribution in [0.5, 0.6) is 0 Å². The molecule has 1 aliphatic heterocycles. The third kappa shape index (κ3) is 6.51. The second-order valence-corrected chi connectivity index (χ2v) is 13.1. The minimum absolute atomic E-state index is 0.0209. The van der Waals surface area contributed by atoms with Crippen molar-refractivity contribution in [2.45, 2.75) is 108 Å². The van der Waals surface area contributed by atoms with E-state index in [1.54, 1.807) is 0 Å². The molecule has 8 unspecified atom stereocenters. The third-order valence-corrected chi connectivity index (χ3v) is 9.42. The van der Waals surface area contributed by atoms with Gasteiger partial charge in [0.25, 0.3) is 0 Å². The molecule has 41 heavy (non-hydrogen) atoms. The zero-order chi connectivity index (χ0) is 30.3. The minimum Gasteiger partial charge on any atom is -0.458 e. The number of carbonyl (C=O) groups excluding carboxylic acids is 4. The lowest BCUT2D eigenvalue weighted by molar-refractivity contribution is -0.212. The van der Waals surface area contributed by atoms with E-state index < -0.39 is 94.4 Å². The number of esters is 4. The topological polar surface area (TPSA) is 169 Å². The van der Waals surface area contributed by atoms with Crippen LogP contribution in [0, 0.1) is 29.6 Å². The van der Waals surface area contributed by atoms with Gasteiger partial charge in [-0.2, -0.15) is 17.2 Å². The van der Waals surface area contributed by atoms with Gasteiger partial charge < -0.3 is 23.7 Å². The molecule has 1 heterocycles. The average molecular weight is 611 g/mol. The molecule has 8 atom stereocenters. The van der Waals surface area contributed by atoms with Crippen molar-refractivity contribution >= 4 is 34.0 Å². The van der Waals surface area contributed by atoms with Crippen molar-refractivity contribution in [3.8, 4) is 0 Å². The molecule has 15 heteroatoms. The van der Waals surface area contributed by atoms with Crippen molar-refractivity contribution in [3.05, 3.63) is 0 Å². The summed E-state index contributed by atoms with van der Waals surface area (Å²) in [7, 11) is -5.83. The molecular weight excluding hydrogens is 574 g/mol. The van der Waals surface area contributed by atoms with Gasteiger partial charge in [0.2, 0.25) is 6.29 Å².